The number of hydrogen-bond acceptors (Lipinski definition) is 7. The zero-order chi connectivity index (χ0) is 27.6. The fourth-order valence-corrected chi connectivity index (χ4v) is 5.82. The second kappa shape index (κ2) is 11.1. The number of piperidine rings is 1. The van der Waals surface area contributed by atoms with Gasteiger partial charge in [-0.3, -0.25) is 14.6 Å². The SMILES string of the molecule is CCOc1cc(C(=O)N2CCC(N3CCCC3)CC2)ccc1Nc1cc2c(cn1)N(C)C(=O)N1C=CC=CC1=N2. The van der Waals surface area contributed by atoms with Crippen molar-refractivity contribution in [3.8, 4) is 5.75 Å². The minimum absolute atomic E-state index is 0.0400. The quantitative estimate of drug-likeness (QED) is 0.559. The second-order valence-corrected chi connectivity index (χ2v) is 10.5. The molecular weight excluding hydrogens is 506 g/mol. The van der Waals surface area contributed by atoms with E-state index in [0.717, 1.165) is 25.9 Å². The number of amides is 3. The minimum Gasteiger partial charge on any atom is -0.492 e. The van der Waals surface area contributed by atoms with Gasteiger partial charge in [0, 0.05) is 44.0 Å². The molecule has 2 fully saturated rings. The molecule has 1 aromatic heterocycles. The molecule has 10 heteroatoms. The average Bonchev–Trinajstić information content (AvgIpc) is 3.50. The van der Waals surface area contributed by atoms with Gasteiger partial charge in [-0.15, -0.1) is 0 Å². The zero-order valence-electron chi connectivity index (χ0n) is 23.0. The van der Waals surface area contributed by atoms with Crippen LogP contribution >= 0.6 is 0 Å². The molecule has 0 saturated carbocycles. The van der Waals surface area contributed by atoms with Crippen LogP contribution in [-0.2, 0) is 0 Å². The van der Waals surface area contributed by atoms with Crippen LogP contribution in [0.2, 0.25) is 0 Å². The Morgan fingerprint density at radius 2 is 1.90 bits per heavy atom. The molecule has 0 bridgehead atoms. The standard InChI is InChI=1S/C30H35N7O3/c1-3-40-26-18-21(29(38)36-16-11-22(12-17-36)35-13-6-7-14-35)9-10-23(26)32-27-19-24-25(20-31-27)34(2)30(39)37-15-5-4-8-28(37)33-24/h4-5,8-10,15,18-20,22H,3,6-7,11-14,16-17H2,1-2H3,(H,31,32). The first-order valence-electron chi connectivity index (χ1n) is 14.1. The summed E-state index contributed by atoms with van der Waals surface area (Å²) >= 11 is 0. The van der Waals surface area contributed by atoms with Crippen molar-refractivity contribution in [1.82, 2.24) is 19.7 Å². The van der Waals surface area contributed by atoms with Crippen molar-refractivity contribution in [2.24, 2.45) is 4.99 Å². The fourth-order valence-electron chi connectivity index (χ4n) is 5.82. The molecule has 4 aliphatic heterocycles. The van der Waals surface area contributed by atoms with Crippen LogP contribution in [0.15, 0.2) is 59.9 Å². The molecule has 0 spiro atoms. The number of aromatic nitrogens is 1. The number of fused-ring (bicyclic) bond motifs is 2. The number of anilines is 3. The number of pyridine rings is 1. The van der Waals surface area contributed by atoms with E-state index in [-0.39, 0.29) is 11.9 Å². The summed E-state index contributed by atoms with van der Waals surface area (Å²) in [6, 6.07) is 7.71. The van der Waals surface area contributed by atoms with Gasteiger partial charge in [0.15, 0.2) is 0 Å². The highest BCUT2D eigenvalue weighted by molar-refractivity contribution is 6.13. The Kier molecular flexibility index (Phi) is 7.25. The summed E-state index contributed by atoms with van der Waals surface area (Å²) in [4.78, 5) is 43.1. The Balaban J connectivity index is 1.20. The van der Waals surface area contributed by atoms with Gasteiger partial charge in [-0.1, -0.05) is 6.08 Å². The van der Waals surface area contributed by atoms with Crippen LogP contribution < -0.4 is 15.0 Å². The van der Waals surface area contributed by atoms with Gasteiger partial charge in [-0.2, -0.15) is 0 Å². The number of benzene rings is 1. The van der Waals surface area contributed by atoms with Crippen molar-refractivity contribution in [1.29, 1.82) is 0 Å². The maximum atomic E-state index is 13.4. The van der Waals surface area contributed by atoms with E-state index in [0.29, 0.717) is 52.7 Å². The molecule has 40 heavy (non-hydrogen) atoms. The summed E-state index contributed by atoms with van der Waals surface area (Å²) in [5, 5.41) is 3.32. The highest BCUT2D eigenvalue weighted by atomic mass is 16.5. The van der Waals surface area contributed by atoms with Gasteiger partial charge < -0.3 is 19.9 Å². The lowest BCUT2D eigenvalue weighted by Crippen LogP contribution is -2.45. The van der Waals surface area contributed by atoms with Crippen LogP contribution in [-0.4, -0.2) is 83.3 Å². The van der Waals surface area contributed by atoms with Gasteiger partial charge in [0.25, 0.3) is 5.91 Å². The first kappa shape index (κ1) is 26.1. The van der Waals surface area contributed by atoms with Gasteiger partial charge in [-0.25, -0.2) is 14.8 Å². The summed E-state index contributed by atoms with van der Waals surface area (Å²) in [7, 11) is 1.71. The van der Waals surface area contributed by atoms with Gasteiger partial charge in [0.05, 0.1) is 29.9 Å². The number of carbonyl (C=O) groups excluding carboxylic acids is 2. The highest BCUT2D eigenvalue weighted by Crippen LogP contribution is 2.36. The highest BCUT2D eigenvalue weighted by Gasteiger charge is 2.30. The maximum absolute atomic E-state index is 13.4. The Morgan fingerprint density at radius 1 is 1.10 bits per heavy atom. The Morgan fingerprint density at radius 3 is 2.67 bits per heavy atom. The van der Waals surface area contributed by atoms with E-state index in [4.69, 9.17) is 9.73 Å². The smallest absolute Gasteiger partial charge is 0.334 e. The van der Waals surface area contributed by atoms with E-state index in [1.165, 1.54) is 35.7 Å². The lowest BCUT2D eigenvalue weighted by molar-refractivity contribution is 0.0644. The van der Waals surface area contributed by atoms with E-state index in [1.807, 2.05) is 36.1 Å². The molecule has 1 aromatic carbocycles. The largest absolute Gasteiger partial charge is 0.492 e. The van der Waals surface area contributed by atoms with Crippen LogP contribution in [0.25, 0.3) is 0 Å². The number of nitrogens with one attached hydrogen (secondary N) is 1. The number of urea groups is 1. The van der Waals surface area contributed by atoms with Crippen molar-refractivity contribution in [2.75, 3.05) is 50.1 Å². The molecule has 0 radical (unpaired) electrons. The summed E-state index contributed by atoms with van der Waals surface area (Å²) < 4.78 is 5.93. The molecule has 0 unspecified atom stereocenters. The summed E-state index contributed by atoms with van der Waals surface area (Å²) in [5.74, 6) is 1.72. The van der Waals surface area contributed by atoms with Crippen molar-refractivity contribution >= 4 is 40.7 Å². The van der Waals surface area contributed by atoms with Crippen molar-refractivity contribution in [3.63, 3.8) is 0 Å². The molecule has 1 N–H and O–H groups in total. The van der Waals surface area contributed by atoms with E-state index in [2.05, 4.69) is 15.2 Å². The normalized spacial score (nSPS) is 19.3. The summed E-state index contributed by atoms with van der Waals surface area (Å²) in [6.45, 7) is 6.33. The summed E-state index contributed by atoms with van der Waals surface area (Å²) in [6.07, 6.45) is 13.4. The van der Waals surface area contributed by atoms with Crippen molar-refractivity contribution in [3.05, 3.63) is 60.5 Å². The molecule has 4 aliphatic rings. The van der Waals surface area contributed by atoms with Gasteiger partial charge in [0.1, 0.15) is 17.4 Å². The van der Waals surface area contributed by atoms with Gasteiger partial charge in [-0.05, 0) is 76.0 Å². The third-order valence-electron chi connectivity index (χ3n) is 7.99. The number of allylic oxidation sites excluding steroid dienone is 2. The molecule has 5 heterocycles. The molecule has 208 valence electrons. The van der Waals surface area contributed by atoms with E-state index in [9.17, 15) is 9.59 Å². The molecule has 6 rings (SSSR count). The van der Waals surface area contributed by atoms with Crippen LogP contribution in [0, 0.1) is 0 Å². The molecular formula is C30H35N7O3. The Labute approximate surface area is 234 Å². The number of amidine groups is 1. The van der Waals surface area contributed by atoms with Crippen molar-refractivity contribution in [2.45, 2.75) is 38.6 Å². The zero-order valence-corrected chi connectivity index (χ0v) is 23.0. The van der Waals surface area contributed by atoms with Crippen LogP contribution in [0.1, 0.15) is 43.0 Å². The Hall–Kier alpha value is -4.18. The number of likely N-dealkylation sites (tertiary alicyclic amines) is 2. The molecule has 3 amide bonds. The molecule has 2 aromatic rings. The van der Waals surface area contributed by atoms with Crippen LogP contribution in [0.5, 0.6) is 5.75 Å². The lowest BCUT2D eigenvalue weighted by Gasteiger charge is -2.36. The predicted molar refractivity (Wildman–Crippen MR) is 156 cm³/mol. The van der Waals surface area contributed by atoms with Gasteiger partial charge >= 0.3 is 6.03 Å². The third kappa shape index (κ3) is 5.06. The fraction of sp³-hybridized carbons (Fsp3) is 0.400. The Bertz CT molecular complexity index is 1390. The summed E-state index contributed by atoms with van der Waals surface area (Å²) in [5.41, 5.74) is 2.55. The number of carbonyl (C=O) groups is 2. The monoisotopic (exact) mass is 541 g/mol. The first-order chi connectivity index (χ1) is 19.5. The van der Waals surface area contributed by atoms with E-state index >= 15 is 0 Å². The number of nitrogens with zero attached hydrogens (tertiary/aromatic N) is 6. The second-order valence-electron chi connectivity index (χ2n) is 10.5. The van der Waals surface area contributed by atoms with E-state index < -0.39 is 0 Å². The van der Waals surface area contributed by atoms with Crippen LogP contribution in [0.4, 0.5) is 27.7 Å². The topological polar surface area (TPSA) is 93.6 Å². The molecule has 0 aliphatic carbocycles. The number of hydrogen-bond donors (Lipinski definition) is 1. The van der Waals surface area contributed by atoms with Gasteiger partial charge in [0.2, 0.25) is 0 Å². The maximum Gasteiger partial charge on any atom is 0.334 e. The van der Waals surface area contributed by atoms with Crippen molar-refractivity contribution < 1.29 is 14.3 Å². The van der Waals surface area contributed by atoms with E-state index in [1.54, 1.807) is 37.7 Å². The first-order valence-corrected chi connectivity index (χ1v) is 14.1. The average molecular weight is 542 g/mol. The predicted octanol–water partition coefficient (Wildman–Crippen LogP) is 4.91. The number of ether oxygens (including phenoxy) is 1. The molecule has 2 saturated heterocycles. The minimum atomic E-state index is -0.209. The van der Waals surface area contributed by atoms with Crippen LogP contribution in [0.3, 0.4) is 0 Å². The third-order valence-corrected chi connectivity index (χ3v) is 7.99. The molecule has 10 nitrogen and oxygen atoms in total. The number of aliphatic imine (C=N–C) groups is 1. The number of rotatable bonds is 6. The lowest BCUT2D eigenvalue weighted by atomic mass is 10.0. The molecule has 0 atom stereocenters.